The van der Waals surface area contributed by atoms with Gasteiger partial charge in [-0.05, 0) is 36.0 Å². The minimum absolute atomic E-state index is 0.216. The highest BCUT2D eigenvalue weighted by molar-refractivity contribution is 5.37. The van der Waals surface area contributed by atoms with E-state index in [2.05, 4.69) is 63.5 Å². The third kappa shape index (κ3) is 2.76. The summed E-state index contributed by atoms with van der Waals surface area (Å²) in [5.74, 6) is 0. The van der Waals surface area contributed by atoms with Crippen molar-refractivity contribution in [3.8, 4) is 0 Å². The quantitative estimate of drug-likeness (QED) is 0.796. The van der Waals surface area contributed by atoms with Crippen LogP contribution >= 0.6 is 0 Å². The van der Waals surface area contributed by atoms with E-state index in [-0.39, 0.29) is 5.41 Å². The van der Waals surface area contributed by atoms with Crippen molar-refractivity contribution in [3.63, 3.8) is 0 Å². The molecule has 2 unspecified atom stereocenters. The summed E-state index contributed by atoms with van der Waals surface area (Å²) in [4.78, 5) is 0. The lowest BCUT2D eigenvalue weighted by atomic mass is 9.83. The fourth-order valence-electron chi connectivity index (χ4n) is 2.64. The largest absolute Gasteiger partial charge is 0.311 e. The molecule has 1 aliphatic rings. The summed E-state index contributed by atoms with van der Waals surface area (Å²) in [6.45, 7) is 13.4. The zero-order chi connectivity index (χ0) is 13.3. The molecule has 0 amide bonds. The minimum atomic E-state index is 0.216. The molecule has 0 saturated carbocycles. The van der Waals surface area contributed by atoms with E-state index in [0.717, 1.165) is 13.1 Å². The Morgan fingerprint density at radius 2 is 1.78 bits per heavy atom. The van der Waals surface area contributed by atoms with Crippen molar-refractivity contribution < 1.29 is 0 Å². The first-order valence-electron chi connectivity index (χ1n) is 6.97. The van der Waals surface area contributed by atoms with E-state index in [1.54, 1.807) is 0 Å². The van der Waals surface area contributed by atoms with Crippen LogP contribution in [0.1, 0.15) is 50.4 Å². The molecule has 1 aliphatic heterocycles. The van der Waals surface area contributed by atoms with Crippen LogP contribution in [-0.2, 0) is 5.41 Å². The van der Waals surface area contributed by atoms with E-state index in [4.69, 9.17) is 0 Å². The van der Waals surface area contributed by atoms with Gasteiger partial charge >= 0.3 is 0 Å². The van der Waals surface area contributed by atoms with Gasteiger partial charge in [0, 0.05) is 25.2 Å². The maximum Gasteiger partial charge on any atom is 0.0476 e. The molecule has 100 valence electrons. The molecule has 2 heteroatoms. The van der Waals surface area contributed by atoms with E-state index >= 15 is 0 Å². The Hall–Kier alpha value is -0.860. The van der Waals surface area contributed by atoms with Crippen molar-refractivity contribution in [2.45, 2.75) is 52.1 Å². The van der Waals surface area contributed by atoms with Gasteiger partial charge < -0.3 is 10.6 Å². The summed E-state index contributed by atoms with van der Waals surface area (Å²) in [5.41, 5.74) is 4.47. The molecule has 0 bridgehead atoms. The maximum absolute atomic E-state index is 3.64. The summed E-state index contributed by atoms with van der Waals surface area (Å²) in [6.07, 6.45) is 0. The molecule has 1 fully saturated rings. The number of benzene rings is 1. The van der Waals surface area contributed by atoms with E-state index in [9.17, 15) is 0 Å². The fraction of sp³-hybridized carbons (Fsp3) is 0.625. The zero-order valence-electron chi connectivity index (χ0n) is 12.3. The number of hydrogen-bond acceptors (Lipinski definition) is 2. The van der Waals surface area contributed by atoms with E-state index < -0.39 is 0 Å². The first-order valence-corrected chi connectivity index (χ1v) is 6.97. The number of rotatable bonds is 1. The van der Waals surface area contributed by atoms with Gasteiger partial charge in [-0.25, -0.2) is 0 Å². The Kier molecular flexibility index (Phi) is 3.79. The van der Waals surface area contributed by atoms with Gasteiger partial charge in [0.1, 0.15) is 0 Å². The van der Waals surface area contributed by atoms with Crippen LogP contribution in [0, 0.1) is 6.92 Å². The van der Waals surface area contributed by atoms with Crippen molar-refractivity contribution in [1.29, 1.82) is 0 Å². The summed E-state index contributed by atoms with van der Waals surface area (Å²) >= 11 is 0. The molecule has 2 rings (SSSR count). The average molecular weight is 246 g/mol. The predicted molar refractivity (Wildman–Crippen MR) is 78.1 cm³/mol. The van der Waals surface area contributed by atoms with Gasteiger partial charge in [-0.15, -0.1) is 0 Å². The molecule has 0 aromatic heterocycles. The zero-order valence-corrected chi connectivity index (χ0v) is 12.3. The molecule has 1 saturated heterocycles. The lowest BCUT2D eigenvalue weighted by molar-refractivity contribution is 0.344. The molecule has 0 spiro atoms. The highest BCUT2D eigenvalue weighted by Crippen LogP contribution is 2.29. The molecule has 0 aliphatic carbocycles. The topological polar surface area (TPSA) is 24.1 Å². The third-order valence-electron chi connectivity index (χ3n) is 3.94. The van der Waals surface area contributed by atoms with Crippen LogP contribution in [0.15, 0.2) is 18.2 Å². The Labute approximate surface area is 111 Å². The molecular formula is C16H26N2. The Morgan fingerprint density at radius 3 is 2.39 bits per heavy atom. The molecule has 18 heavy (non-hydrogen) atoms. The van der Waals surface area contributed by atoms with Crippen LogP contribution in [0.25, 0.3) is 0 Å². The van der Waals surface area contributed by atoms with Crippen molar-refractivity contribution in [1.82, 2.24) is 10.6 Å². The van der Waals surface area contributed by atoms with Gasteiger partial charge in [0.2, 0.25) is 0 Å². The number of aryl methyl sites for hydroxylation is 1. The molecular weight excluding hydrogens is 220 g/mol. The molecule has 1 aromatic carbocycles. The standard InChI is InChI=1S/C16H26N2/c1-11-6-7-13(16(3,4)5)10-14(11)15-12(2)17-8-9-18-15/h6-7,10,12,15,17-18H,8-9H2,1-5H3. The minimum Gasteiger partial charge on any atom is -0.311 e. The second-order valence-corrected chi connectivity index (χ2v) is 6.50. The van der Waals surface area contributed by atoms with Crippen molar-refractivity contribution in [2.24, 2.45) is 0 Å². The SMILES string of the molecule is Cc1ccc(C(C)(C)C)cc1C1NCCNC1C. The van der Waals surface area contributed by atoms with Crippen LogP contribution in [0.5, 0.6) is 0 Å². The Bertz CT molecular complexity index is 418. The number of hydrogen-bond donors (Lipinski definition) is 2. The van der Waals surface area contributed by atoms with Gasteiger partial charge in [0.15, 0.2) is 0 Å². The van der Waals surface area contributed by atoms with Crippen molar-refractivity contribution in [3.05, 3.63) is 34.9 Å². The van der Waals surface area contributed by atoms with E-state index in [0.29, 0.717) is 12.1 Å². The summed E-state index contributed by atoms with van der Waals surface area (Å²) in [6, 6.07) is 7.84. The highest BCUT2D eigenvalue weighted by Gasteiger charge is 2.24. The van der Waals surface area contributed by atoms with Gasteiger partial charge in [-0.2, -0.15) is 0 Å². The molecule has 1 aromatic rings. The maximum atomic E-state index is 3.64. The summed E-state index contributed by atoms with van der Waals surface area (Å²) in [5, 5.41) is 7.20. The molecule has 1 heterocycles. The van der Waals surface area contributed by atoms with Gasteiger partial charge in [0.25, 0.3) is 0 Å². The first kappa shape index (κ1) is 13.6. The molecule has 2 N–H and O–H groups in total. The molecule has 0 radical (unpaired) electrons. The second-order valence-electron chi connectivity index (χ2n) is 6.50. The monoisotopic (exact) mass is 246 g/mol. The van der Waals surface area contributed by atoms with E-state index in [1.807, 2.05) is 0 Å². The Balaban J connectivity index is 2.37. The predicted octanol–water partition coefficient (Wildman–Crippen LogP) is 2.91. The lowest BCUT2D eigenvalue weighted by Gasteiger charge is -2.33. The van der Waals surface area contributed by atoms with Crippen LogP contribution in [0.2, 0.25) is 0 Å². The van der Waals surface area contributed by atoms with Crippen molar-refractivity contribution in [2.75, 3.05) is 13.1 Å². The lowest BCUT2D eigenvalue weighted by Crippen LogP contribution is -2.49. The third-order valence-corrected chi connectivity index (χ3v) is 3.94. The van der Waals surface area contributed by atoms with E-state index in [1.165, 1.54) is 16.7 Å². The summed E-state index contributed by atoms with van der Waals surface area (Å²) in [7, 11) is 0. The smallest absolute Gasteiger partial charge is 0.0476 e. The molecule has 2 atom stereocenters. The van der Waals surface area contributed by atoms with Crippen LogP contribution in [0.3, 0.4) is 0 Å². The van der Waals surface area contributed by atoms with Crippen LogP contribution < -0.4 is 10.6 Å². The van der Waals surface area contributed by atoms with Gasteiger partial charge in [-0.3, -0.25) is 0 Å². The first-order chi connectivity index (χ1) is 8.39. The Morgan fingerprint density at radius 1 is 1.11 bits per heavy atom. The second kappa shape index (κ2) is 5.02. The average Bonchev–Trinajstić information content (AvgIpc) is 2.29. The summed E-state index contributed by atoms with van der Waals surface area (Å²) < 4.78 is 0. The van der Waals surface area contributed by atoms with Gasteiger partial charge in [-0.1, -0.05) is 39.0 Å². The van der Waals surface area contributed by atoms with Gasteiger partial charge in [0.05, 0.1) is 0 Å². The van der Waals surface area contributed by atoms with Crippen molar-refractivity contribution >= 4 is 0 Å². The molecule has 2 nitrogen and oxygen atoms in total. The van der Waals surface area contributed by atoms with Crippen LogP contribution in [0.4, 0.5) is 0 Å². The fourth-order valence-corrected chi connectivity index (χ4v) is 2.64. The number of piperazine rings is 1. The van der Waals surface area contributed by atoms with Crippen LogP contribution in [-0.4, -0.2) is 19.1 Å². The number of nitrogens with one attached hydrogen (secondary N) is 2. The highest BCUT2D eigenvalue weighted by atomic mass is 15.1. The normalized spacial score (nSPS) is 25.2.